The Hall–Kier alpha value is -2.60. The second-order valence-corrected chi connectivity index (χ2v) is 5.50. The number of nitrogens with one attached hydrogen (secondary N) is 1. The summed E-state index contributed by atoms with van der Waals surface area (Å²) < 4.78 is 0.513. The molecule has 1 aliphatic heterocycles. The number of carbonyl (C=O) groups excluding carboxylic acids is 2. The Morgan fingerprint density at radius 3 is 2.50 bits per heavy atom. The minimum Gasteiger partial charge on any atom is -0.506 e. The minimum atomic E-state index is -0.517. The number of imide groups is 1. The van der Waals surface area contributed by atoms with Crippen molar-refractivity contribution in [3.8, 4) is 5.75 Å². The van der Waals surface area contributed by atoms with E-state index >= 15 is 0 Å². The molecular formula is C16H11BrN2O3. The molecule has 5 nitrogen and oxygen atoms in total. The van der Waals surface area contributed by atoms with Crippen molar-refractivity contribution >= 4 is 39.6 Å². The molecule has 6 heteroatoms. The SMILES string of the molecule is O=C1N/C(=C/c2cccc(Br)c2O)C(=O)N1c1ccccc1. The molecule has 2 aromatic carbocycles. The first-order valence-electron chi connectivity index (χ1n) is 6.47. The fourth-order valence-corrected chi connectivity index (χ4v) is 2.53. The normalized spacial score (nSPS) is 16.2. The molecule has 22 heavy (non-hydrogen) atoms. The number of carbonyl (C=O) groups is 2. The molecule has 0 unspecified atom stereocenters. The fraction of sp³-hybridized carbons (Fsp3) is 0. The number of urea groups is 1. The number of hydrogen-bond donors (Lipinski definition) is 2. The molecule has 0 aromatic heterocycles. The molecule has 0 spiro atoms. The highest BCUT2D eigenvalue weighted by Crippen LogP contribution is 2.30. The van der Waals surface area contributed by atoms with Crippen LogP contribution in [0.4, 0.5) is 10.5 Å². The topological polar surface area (TPSA) is 69.6 Å². The van der Waals surface area contributed by atoms with E-state index in [1.165, 1.54) is 6.08 Å². The molecule has 3 amide bonds. The van der Waals surface area contributed by atoms with Crippen molar-refractivity contribution < 1.29 is 14.7 Å². The second-order valence-electron chi connectivity index (χ2n) is 4.64. The Morgan fingerprint density at radius 2 is 1.77 bits per heavy atom. The van der Waals surface area contributed by atoms with Crippen molar-refractivity contribution in [2.24, 2.45) is 0 Å². The largest absolute Gasteiger partial charge is 0.506 e. The quantitative estimate of drug-likeness (QED) is 0.639. The number of phenols is 1. The molecule has 0 saturated carbocycles. The van der Waals surface area contributed by atoms with Crippen LogP contribution in [-0.2, 0) is 4.79 Å². The molecule has 1 saturated heterocycles. The molecule has 0 aliphatic carbocycles. The van der Waals surface area contributed by atoms with Gasteiger partial charge in [0.2, 0.25) is 0 Å². The monoisotopic (exact) mass is 358 g/mol. The average molecular weight is 359 g/mol. The van der Waals surface area contributed by atoms with Crippen LogP contribution in [0.15, 0.2) is 58.7 Å². The lowest BCUT2D eigenvalue weighted by molar-refractivity contribution is -0.113. The van der Waals surface area contributed by atoms with Crippen molar-refractivity contribution in [1.29, 1.82) is 0 Å². The van der Waals surface area contributed by atoms with Crippen LogP contribution in [0.2, 0.25) is 0 Å². The van der Waals surface area contributed by atoms with Gasteiger partial charge in [0.1, 0.15) is 11.4 Å². The maximum Gasteiger partial charge on any atom is 0.333 e. The lowest BCUT2D eigenvalue weighted by Gasteiger charge is -2.10. The van der Waals surface area contributed by atoms with Crippen molar-refractivity contribution in [2.75, 3.05) is 4.90 Å². The maximum absolute atomic E-state index is 12.4. The summed E-state index contributed by atoms with van der Waals surface area (Å²) in [5.74, 6) is -0.453. The molecule has 2 N–H and O–H groups in total. The third kappa shape index (κ3) is 2.48. The Kier molecular flexibility index (Phi) is 3.68. The summed E-state index contributed by atoms with van der Waals surface area (Å²) in [6, 6.07) is 13.2. The number of benzene rings is 2. The first-order valence-corrected chi connectivity index (χ1v) is 7.27. The van der Waals surface area contributed by atoms with Crippen molar-refractivity contribution in [3.63, 3.8) is 0 Å². The van der Waals surface area contributed by atoms with E-state index in [9.17, 15) is 14.7 Å². The molecule has 1 heterocycles. The molecular weight excluding hydrogens is 348 g/mol. The van der Waals surface area contributed by atoms with Crippen LogP contribution in [0.1, 0.15) is 5.56 Å². The lowest BCUT2D eigenvalue weighted by Crippen LogP contribution is -2.30. The van der Waals surface area contributed by atoms with Crippen LogP contribution in [0.25, 0.3) is 6.08 Å². The standard InChI is InChI=1S/C16H11BrN2O3/c17-12-8-4-5-10(14(12)20)9-13-15(21)19(16(22)18-13)11-6-2-1-3-7-11/h1-9,20H,(H,18,22)/b13-9+. The Labute approximate surface area is 135 Å². The number of para-hydroxylation sites is 2. The van der Waals surface area contributed by atoms with E-state index in [2.05, 4.69) is 21.2 Å². The third-order valence-electron chi connectivity index (χ3n) is 3.21. The maximum atomic E-state index is 12.4. The summed E-state index contributed by atoms with van der Waals surface area (Å²) in [6.45, 7) is 0. The number of rotatable bonds is 2. The molecule has 110 valence electrons. The highest BCUT2D eigenvalue weighted by atomic mass is 79.9. The zero-order valence-electron chi connectivity index (χ0n) is 11.3. The van der Waals surface area contributed by atoms with Gasteiger partial charge in [0.25, 0.3) is 5.91 Å². The predicted molar refractivity (Wildman–Crippen MR) is 86.2 cm³/mol. The van der Waals surface area contributed by atoms with Gasteiger partial charge in [-0.1, -0.05) is 30.3 Å². The molecule has 2 aromatic rings. The molecule has 1 fully saturated rings. The number of aromatic hydroxyl groups is 1. The van der Waals surface area contributed by atoms with Crippen molar-refractivity contribution in [3.05, 3.63) is 64.3 Å². The number of anilines is 1. The van der Waals surface area contributed by atoms with E-state index in [4.69, 9.17) is 0 Å². The highest BCUT2D eigenvalue weighted by Gasteiger charge is 2.34. The van der Waals surface area contributed by atoms with Gasteiger partial charge < -0.3 is 10.4 Å². The minimum absolute atomic E-state index is 0.00945. The van der Waals surface area contributed by atoms with E-state index in [1.807, 2.05) is 0 Å². The lowest BCUT2D eigenvalue weighted by atomic mass is 10.1. The Balaban J connectivity index is 1.98. The van der Waals surface area contributed by atoms with E-state index in [1.54, 1.807) is 48.5 Å². The Bertz CT molecular complexity index is 787. The molecule has 1 aliphatic rings. The zero-order valence-corrected chi connectivity index (χ0v) is 12.9. The number of phenolic OH excluding ortho intramolecular Hbond substituents is 1. The fourth-order valence-electron chi connectivity index (χ4n) is 2.15. The highest BCUT2D eigenvalue weighted by molar-refractivity contribution is 9.10. The third-order valence-corrected chi connectivity index (χ3v) is 3.85. The van der Waals surface area contributed by atoms with Crippen molar-refractivity contribution in [2.45, 2.75) is 0 Å². The van der Waals surface area contributed by atoms with Gasteiger partial charge in [-0.15, -0.1) is 0 Å². The molecule has 0 radical (unpaired) electrons. The van der Waals surface area contributed by atoms with Gasteiger partial charge >= 0.3 is 6.03 Å². The smallest absolute Gasteiger partial charge is 0.333 e. The van der Waals surface area contributed by atoms with Crippen LogP contribution in [0.5, 0.6) is 5.75 Å². The number of halogens is 1. The van der Waals surface area contributed by atoms with Crippen LogP contribution >= 0.6 is 15.9 Å². The van der Waals surface area contributed by atoms with E-state index in [0.29, 0.717) is 15.7 Å². The number of nitrogens with zero attached hydrogens (tertiary/aromatic N) is 1. The average Bonchev–Trinajstić information content (AvgIpc) is 2.79. The van der Waals surface area contributed by atoms with E-state index in [-0.39, 0.29) is 11.4 Å². The van der Waals surface area contributed by atoms with Gasteiger partial charge in [-0.3, -0.25) is 4.79 Å². The van der Waals surface area contributed by atoms with Crippen LogP contribution in [-0.4, -0.2) is 17.0 Å². The summed E-state index contributed by atoms with van der Waals surface area (Å²) in [6.07, 6.45) is 1.45. The first-order chi connectivity index (χ1) is 10.6. The molecule has 3 rings (SSSR count). The first kappa shape index (κ1) is 14.3. The van der Waals surface area contributed by atoms with Crippen LogP contribution < -0.4 is 10.2 Å². The van der Waals surface area contributed by atoms with Gasteiger partial charge in [0, 0.05) is 5.56 Å². The predicted octanol–water partition coefficient (Wildman–Crippen LogP) is 3.25. The van der Waals surface area contributed by atoms with Gasteiger partial charge in [-0.05, 0) is 40.2 Å². The molecule has 0 bridgehead atoms. The summed E-state index contributed by atoms with van der Waals surface area (Å²) in [5, 5.41) is 12.5. The van der Waals surface area contributed by atoms with Gasteiger partial charge in [0.15, 0.2) is 0 Å². The molecule has 0 atom stereocenters. The van der Waals surface area contributed by atoms with E-state index in [0.717, 1.165) is 4.90 Å². The summed E-state index contributed by atoms with van der Waals surface area (Å²) in [4.78, 5) is 25.5. The number of amides is 3. The van der Waals surface area contributed by atoms with Gasteiger partial charge in [0.05, 0.1) is 10.2 Å². The van der Waals surface area contributed by atoms with Crippen LogP contribution in [0.3, 0.4) is 0 Å². The van der Waals surface area contributed by atoms with Crippen LogP contribution in [0, 0.1) is 0 Å². The van der Waals surface area contributed by atoms with Crippen molar-refractivity contribution in [1.82, 2.24) is 5.32 Å². The second kappa shape index (κ2) is 5.65. The van der Waals surface area contributed by atoms with E-state index < -0.39 is 11.9 Å². The number of hydrogen-bond acceptors (Lipinski definition) is 3. The zero-order chi connectivity index (χ0) is 15.7. The summed E-state index contributed by atoms with van der Waals surface area (Å²) in [5.41, 5.74) is 1.04. The Morgan fingerprint density at radius 1 is 1.05 bits per heavy atom. The van der Waals surface area contributed by atoms with Gasteiger partial charge in [-0.25, -0.2) is 9.69 Å². The van der Waals surface area contributed by atoms with Gasteiger partial charge in [-0.2, -0.15) is 0 Å². The summed E-state index contributed by atoms with van der Waals surface area (Å²) >= 11 is 3.21. The summed E-state index contributed by atoms with van der Waals surface area (Å²) in [7, 11) is 0.